The van der Waals surface area contributed by atoms with Crippen LogP contribution in [-0.4, -0.2) is 34.5 Å². The first-order chi connectivity index (χ1) is 8.18. The quantitative estimate of drug-likeness (QED) is 0.898. The average molecular weight is 253 g/mol. The van der Waals surface area contributed by atoms with E-state index in [1.807, 2.05) is 11.4 Å². The summed E-state index contributed by atoms with van der Waals surface area (Å²) in [5.74, 6) is -0.855. The van der Waals surface area contributed by atoms with Gasteiger partial charge in [0.25, 0.3) is 5.91 Å². The van der Waals surface area contributed by atoms with Gasteiger partial charge in [-0.2, -0.15) is 0 Å². The summed E-state index contributed by atoms with van der Waals surface area (Å²) in [6.45, 7) is 0.675. The molecule has 1 atom stereocenters. The fourth-order valence-electron chi connectivity index (χ4n) is 2.22. The van der Waals surface area contributed by atoms with Crippen LogP contribution in [0.15, 0.2) is 17.5 Å². The van der Waals surface area contributed by atoms with Crippen LogP contribution in [0.1, 0.15) is 35.4 Å². The van der Waals surface area contributed by atoms with E-state index in [1.165, 1.54) is 11.3 Å². The molecule has 5 heteroatoms. The van der Waals surface area contributed by atoms with Gasteiger partial charge in [0.15, 0.2) is 0 Å². The predicted molar refractivity (Wildman–Crippen MR) is 65.2 cm³/mol. The monoisotopic (exact) mass is 253 g/mol. The molecule has 2 rings (SSSR count). The fraction of sp³-hybridized carbons (Fsp3) is 0.500. The van der Waals surface area contributed by atoms with Crippen LogP contribution >= 0.6 is 11.3 Å². The molecule has 0 spiro atoms. The average Bonchev–Trinajstić information content (AvgIpc) is 2.81. The predicted octanol–water partition coefficient (Wildman–Crippen LogP) is 2.22. The number of hydrogen-bond donors (Lipinski definition) is 1. The molecule has 1 aromatic rings. The van der Waals surface area contributed by atoms with Crippen molar-refractivity contribution in [1.82, 2.24) is 4.90 Å². The zero-order chi connectivity index (χ0) is 12.3. The topological polar surface area (TPSA) is 57.6 Å². The molecule has 0 aromatic carbocycles. The van der Waals surface area contributed by atoms with Crippen molar-refractivity contribution >= 4 is 23.2 Å². The third-order valence-electron chi connectivity index (χ3n) is 3.03. The number of carboxylic acid groups (broad SMARTS) is 1. The number of carbonyl (C=O) groups excluding carboxylic acids is 1. The lowest BCUT2D eigenvalue weighted by Crippen LogP contribution is -2.44. The van der Waals surface area contributed by atoms with E-state index in [0.717, 1.165) is 19.3 Å². The van der Waals surface area contributed by atoms with E-state index in [9.17, 15) is 9.59 Å². The summed E-state index contributed by atoms with van der Waals surface area (Å²) in [7, 11) is 0. The standard InChI is InChI=1S/C12H15NO3S/c14-11(15)8-9-4-1-2-6-13(9)12(16)10-5-3-7-17-10/h3,5,7,9H,1-2,4,6,8H2,(H,14,15). The second-order valence-corrected chi connectivity index (χ2v) is 5.17. The van der Waals surface area contributed by atoms with E-state index in [-0.39, 0.29) is 18.4 Å². The summed E-state index contributed by atoms with van der Waals surface area (Å²) < 4.78 is 0. The van der Waals surface area contributed by atoms with Gasteiger partial charge in [-0.05, 0) is 30.7 Å². The van der Waals surface area contributed by atoms with Crippen molar-refractivity contribution < 1.29 is 14.7 Å². The molecule has 0 bridgehead atoms. The maximum Gasteiger partial charge on any atom is 0.305 e. The molecule has 1 amide bonds. The number of nitrogens with zero attached hydrogens (tertiary/aromatic N) is 1. The maximum atomic E-state index is 12.2. The number of carboxylic acids is 1. The summed E-state index contributed by atoms with van der Waals surface area (Å²) >= 11 is 1.41. The van der Waals surface area contributed by atoms with Crippen LogP contribution in [0.5, 0.6) is 0 Å². The summed E-state index contributed by atoms with van der Waals surface area (Å²) in [5.41, 5.74) is 0. The number of carbonyl (C=O) groups is 2. The Bertz CT molecular complexity index is 402. The summed E-state index contributed by atoms with van der Waals surface area (Å²) in [6, 6.07) is 3.49. The highest BCUT2D eigenvalue weighted by Gasteiger charge is 2.29. The molecule has 0 saturated carbocycles. The minimum atomic E-state index is -0.833. The van der Waals surface area contributed by atoms with Crippen molar-refractivity contribution in [2.24, 2.45) is 0 Å². The van der Waals surface area contributed by atoms with Crippen LogP contribution in [0.25, 0.3) is 0 Å². The normalized spacial score (nSPS) is 20.2. The molecular formula is C12H15NO3S. The Kier molecular flexibility index (Phi) is 3.78. The molecule has 92 valence electrons. The number of hydrogen-bond acceptors (Lipinski definition) is 3. The van der Waals surface area contributed by atoms with E-state index in [1.54, 1.807) is 11.0 Å². The molecule has 1 aliphatic heterocycles. The van der Waals surface area contributed by atoms with Crippen LogP contribution in [0.4, 0.5) is 0 Å². The zero-order valence-electron chi connectivity index (χ0n) is 9.46. The molecular weight excluding hydrogens is 238 g/mol. The molecule has 1 N–H and O–H groups in total. The molecule has 1 fully saturated rings. The molecule has 1 aliphatic rings. The molecule has 0 radical (unpaired) electrons. The second kappa shape index (κ2) is 5.31. The van der Waals surface area contributed by atoms with E-state index in [4.69, 9.17) is 5.11 Å². The van der Waals surface area contributed by atoms with Crippen LogP contribution in [0.3, 0.4) is 0 Å². The van der Waals surface area contributed by atoms with Crippen LogP contribution in [0, 0.1) is 0 Å². The molecule has 1 aromatic heterocycles. The fourth-order valence-corrected chi connectivity index (χ4v) is 2.90. The SMILES string of the molecule is O=C(O)CC1CCCCN1C(=O)c1cccs1. The largest absolute Gasteiger partial charge is 0.481 e. The van der Waals surface area contributed by atoms with Crippen molar-refractivity contribution in [3.05, 3.63) is 22.4 Å². The highest BCUT2D eigenvalue weighted by Crippen LogP contribution is 2.23. The van der Waals surface area contributed by atoms with Crippen molar-refractivity contribution in [2.75, 3.05) is 6.54 Å². The maximum absolute atomic E-state index is 12.2. The smallest absolute Gasteiger partial charge is 0.305 e. The molecule has 17 heavy (non-hydrogen) atoms. The van der Waals surface area contributed by atoms with Gasteiger partial charge in [-0.1, -0.05) is 6.07 Å². The highest BCUT2D eigenvalue weighted by molar-refractivity contribution is 7.12. The van der Waals surface area contributed by atoms with E-state index >= 15 is 0 Å². The molecule has 0 aliphatic carbocycles. The Hall–Kier alpha value is -1.36. The van der Waals surface area contributed by atoms with E-state index in [0.29, 0.717) is 11.4 Å². The van der Waals surface area contributed by atoms with Crippen LogP contribution in [0.2, 0.25) is 0 Å². The third-order valence-corrected chi connectivity index (χ3v) is 3.89. The second-order valence-electron chi connectivity index (χ2n) is 4.22. The number of aliphatic carboxylic acids is 1. The van der Waals surface area contributed by atoms with Gasteiger partial charge in [-0.3, -0.25) is 9.59 Å². The summed E-state index contributed by atoms with van der Waals surface area (Å²) in [5, 5.41) is 10.7. The minimum absolute atomic E-state index is 0.0223. The Labute approximate surface area is 104 Å². The van der Waals surface area contributed by atoms with Crippen LogP contribution < -0.4 is 0 Å². The molecule has 1 unspecified atom stereocenters. The third kappa shape index (κ3) is 2.85. The van der Waals surface area contributed by atoms with E-state index < -0.39 is 5.97 Å². The van der Waals surface area contributed by atoms with E-state index in [2.05, 4.69) is 0 Å². The first-order valence-corrected chi connectivity index (χ1v) is 6.62. The van der Waals surface area contributed by atoms with Crippen molar-refractivity contribution in [3.8, 4) is 0 Å². The number of thiophene rings is 1. The summed E-state index contributed by atoms with van der Waals surface area (Å²) in [6.07, 6.45) is 2.82. The number of amides is 1. The van der Waals surface area contributed by atoms with Gasteiger partial charge in [-0.15, -0.1) is 11.3 Å². The Morgan fingerprint density at radius 3 is 2.94 bits per heavy atom. The Morgan fingerprint density at radius 1 is 1.47 bits per heavy atom. The zero-order valence-corrected chi connectivity index (χ0v) is 10.3. The molecule has 4 nitrogen and oxygen atoms in total. The van der Waals surface area contributed by atoms with Crippen LogP contribution in [-0.2, 0) is 4.79 Å². The lowest BCUT2D eigenvalue weighted by molar-refractivity contribution is -0.138. The lowest BCUT2D eigenvalue weighted by Gasteiger charge is -2.34. The Morgan fingerprint density at radius 2 is 2.29 bits per heavy atom. The van der Waals surface area contributed by atoms with Gasteiger partial charge in [0, 0.05) is 12.6 Å². The number of likely N-dealkylation sites (tertiary alicyclic amines) is 1. The minimum Gasteiger partial charge on any atom is -0.481 e. The lowest BCUT2D eigenvalue weighted by atomic mass is 9.99. The van der Waals surface area contributed by atoms with Gasteiger partial charge < -0.3 is 10.0 Å². The van der Waals surface area contributed by atoms with Crippen molar-refractivity contribution in [3.63, 3.8) is 0 Å². The summed E-state index contributed by atoms with van der Waals surface area (Å²) in [4.78, 5) is 25.4. The van der Waals surface area contributed by atoms with Gasteiger partial charge in [0.1, 0.15) is 0 Å². The Balaban J connectivity index is 2.10. The molecule has 1 saturated heterocycles. The van der Waals surface area contributed by atoms with Gasteiger partial charge in [0.05, 0.1) is 11.3 Å². The number of rotatable bonds is 3. The highest BCUT2D eigenvalue weighted by atomic mass is 32.1. The van der Waals surface area contributed by atoms with Crippen molar-refractivity contribution in [1.29, 1.82) is 0 Å². The van der Waals surface area contributed by atoms with Crippen molar-refractivity contribution in [2.45, 2.75) is 31.7 Å². The first kappa shape index (κ1) is 12.1. The first-order valence-electron chi connectivity index (χ1n) is 5.75. The van der Waals surface area contributed by atoms with Gasteiger partial charge in [-0.25, -0.2) is 0 Å². The van der Waals surface area contributed by atoms with Gasteiger partial charge in [0.2, 0.25) is 0 Å². The van der Waals surface area contributed by atoms with Gasteiger partial charge >= 0.3 is 5.97 Å². The number of piperidine rings is 1. The molecule has 2 heterocycles.